The minimum atomic E-state index is -4.38. The van der Waals surface area contributed by atoms with Gasteiger partial charge >= 0.3 is 19.8 Å². The van der Waals surface area contributed by atoms with Gasteiger partial charge in [-0.15, -0.1) is 0 Å². The van der Waals surface area contributed by atoms with Gasteiger partial charge < -0.3 is 20.1 Å². The maximum atomic E-state index is 12.7. The van der Waals surface area contributed by atoms with Gasteiger partial charge in [0.1, 0.15) is 6.61 Å². The standard InChI is InChI=1S/C70H140NO8P/c1-3-5-7-9-11-13-15-17-19-21-23-24-25-26-27-28-29-30-31-32-33-34-35-36-37-38-39-40-41-42-43-44-45-47-49-51-53-55-57-59-61-63-70(73)79-68(67-78-80(74,75)77-65-64-71)66-76-69(72)62-60-58-56-54-52-50-48-46-22-20-18-16-14-12-10-8-6-4-2/h68H,3-67,71H2,1-2H3,(H,74,75). The molecule has 10 heteroatoms. The minimum absolute atomic E-state index is 0.0587. The van der Waals surface area contributed by atoms with E-state index >= 15 is 0 Å². The van der Waals surface area contributed by atoms with Gasteiger partial charge in [-0.05, 0) is 12.8 Å². The summed E-state index contributed by atoms with van der Waals surface area (Å²) in [7, 11) is -4.38. The number of nitrogens with two attached hydrogens (primary N) is 1. The van der Waals surface area contributed by atoms with Crippen molar-refractivity contribution in [3.05, 3.63) is 0 Å². The van der Waals surface area contributed by atoms with Gasteiger partial charge in [-0.1, -0.05) is 380 Å². The van der Waals surface area contributed by atoms with E-state index in [1.807, 2.05) is 0 Å². The Morgan fingerprint density at radius 3 is 0.762 bits per heavy atom. The lowest BCUT2D eigenvalue weighted by Crippen LogP contribution is -2.29. The first kappa shape index (κ1) is 79.0. The normalized spacial score (nSPS) is 12.8. The fraction of sp³-hybridized carbons (Fsp3) is 0.971. The van der Waals surface area contributed by atoms with E-state index < -0.39 is 26.5 Å². The molecular weight excluding hydrogens is 1010 g/mol. The molecule has 0 saturated heterocycles. The highest BCUT2D eigenvalue weighted by atomic mass is 31.2. The monoisotopic (exact) mass is 1150 g/mol. The molecule has 2 unspecified atom stereocenters. The number of unbranched alkanes of at least 4 members (excludes halogenated alkanes) is 57. The van der Waals surface area contributed by atoms with E-state index in [4.69, 9.17) is 24.3 Å². The molecule has 0 saturated carbocycles. The first-order chi connectivity index (χ1) is 39.3. The Kier molecular flexibility index (Phi) is 66.3. The number of phosphoric ester groups is 1. The Bertz CT molecular complexity index is 1270. The van der Waals surface area contributed by atoms with Gasteiger partial charge in [-0.3, -0.25) is 18.6 Å². The average molecular weight is 1150 g/mol. The van der Waals surface area contributed by atoms with Crippen LogP contribution in [0, 0.1) is 0 Å². The third kappa shape index (κ3) is 66.2. The SMILES string of the molecule is CCCCCCCCCCCCCCCCCCCCCCCCCCCCCCCCCCCCCCCCCCCC(=O)OC(COC(=O)CCCCCCCCCCCCCCCCCCCC)COP(=O)(O)OCCN. The number of hydrogen-bond donors (Lipinski definition) is 2. The van der Waals surface area contributed by atoms with Crippen molar-refractivity contribution in [2.24, 2.45) is 5.73 Å². The number of carbonyl (C=O) groups is 2. The van der Waals surface area contributed by atoms with Crippen LogP contribution in [-0.4, -0.2) is 49.3 Å². The molecule has 0 amide bonds. The minimum Gasteiger partial charge on any atom is -0.462 e. The molecule has 0 rings (SSSR count). The summed E-state index contributed by atoms with van der Waals surface area (Å²) < 4.78 is 33.1. The van der Waals surface area contributed by atoms with Crippen LogP contribution in [0.1, 0.15) is 406 Å². The summed E-state index contributed by atoms with van der Waals surface area (Å²) in [6.07, 6.45) is 79.5. The smallest absolute Gasteiger partial charge is 0.462 e. The number of carbonyl (C=O) groups excluding carboxylic acids is 2. The molecule has 0 spiro atoms. The van der Waals surface area contributed by atoms with Gasteiger partial charge in [-0.2, -0.15) is 0 Å². The molecule has 0 aliphatic carbocycles. The molecule has 0 aliphatic heterocycles. The van der Waals surface area contributed by atoms with E-state index in [0.717, 1.165) is 32.1 Å². The van der Waals surface area contributed by atoms with Gasteiger partial charge in [0.15, 0.2) is 6.10 Å². The van der Waals surface area contributed by atoms with Crippen molar-refractivity contribution in [2.45, 2.75) is 412 Å². The zero-order valence-electron chi connectivity index (χ0n) is 53.9. The summed E-state index contributed by atoms with van der Waals surface area (Å²) in [5.41, 5.74) is 5.40. The molecule has 0 aromatic carbocycles. The van der Waals surface area contributed by atoms with Gasteiger partial charge in [0.25, 0.3) is 0 Å². The number of rotatable bonds is 70. The molecule has 0 aliphatic rings. The largest absolute Gasteiger partial charge is 0.472 e. The lowest BCUT2D eigenvalue weighted by molar-refractivity contribution is -0.161. The number of phosphoric acid groups is 1. The van der Waals surface area contributed by atoms with Crippen LogP contribution in [0.25, 0.3) is 0 Å². The van der Waals surface area contributed by atoms with Crippen molar-refractivity contribution >= 4 is 19.8 Å². The summed E-state index contributed by atoms with van der Waals surface area (Å²) >= 11 is 0. The second-order valence-corrected chi connectivity index (χ2v) is 26.3. The summed E-state index contributed by atoms with van der Waals surface area (Å²) in [6, 6.07) is 0. The molecular formula is C70H140NO8P. The zero-order chi connectivity index (χ0) is 58.0. The van der Waals surface area contributed by atoms with Crippen LogP contribution >= 0.6 is 7.82 Å². The highest BCUT2D eigenvalue weighted by molar-refractivity contribution is 7.47. The lowest BCUT2D eigenvalue weighted by Gasteiger charge is -2.19. The van der Waals surface area contributed by atoms with E-state index in [0.29, 0.717) is 6.42 Å². The van der Waals surface area contributed by atoms with Crippen molar-refractivity contribution in [2.75, 3.05) is 26.4 Å². The van der Waals surface area contributed by atoms with Crippen LogP contribution in [0.5, 0.6) is 0 Å². The van der Waals surface area contributed by atoms with Crippen molar-refractivity contribution in [3.63, 3.8) is 0 Å². The van der Waals surface area contributed by atoms with E-state index in [2.05, 4.69) is 13.8 Å². The van der Waals surface area contributed by atoms with Crippen LogP contribution in [0.2, 0.25) is 0 Å². The van der Waals surface area contributed by atoms with Gasteiger partial charge in [0.05, 0.1) is 13.2 Å². The van der Waals surface area contributed by atoms with E-state index in [-0.39, 0.29) is 38.6 Å². The number of ether oxygens (including phenoxy) is 2. The molecule has 0 aromatic heterocycles. The Labute approximate surface area is 498 Å². The molecule has 9 nitrogen and oxygen atoms in total. The summed E-state index contributed by atoms with van der Waals surface area (Å²) in [5.74, 6) is -0.799. The van der Waals surface area contributed by atoms with Crippen LogP contribution in [0.4, 0.5) is 0 Å². The fourth-order valence-corrected chi connectivity index (χ4v) is 12.2. The number of hydrogen-bond acceptors (Lipinski definition) is 8. The summed E-state index contributed by atoms with van der Waals surface area (Å²) in [5, 5.41) is 0. The second kappa shape index (κ2) is 67.1. The molecule has 2 atom stereocenters. The fourth-order valence-electron chi connectivity index (χ4n) is 11.4. The molecule has 0 bridgehead atoms. The van der Waals surface area contributed by atoms with Crippen LogP contribution in [0.15, 0.2) is 0 Å². The van der Waals surface area contributed by atoms with Crippen molar-refractivity contribution in [3.8, 4) is 0 Å². The maximum Gasteiger partial charge on any atom is 0.472 e. The van der Waals surface area contributed by atoms with Crippen molar-refractivity contribution in [1.82, 2.24) is 0 Å². The predicted molar refractivity (Wildman–Crippen MR) is 345 cm³/mol. The predicted octanol–water partition coefficient (Wildman–Crippen LogP) is 23.4. The Hall–Kier alpha value is -0.990. The van der Waals surface area contributed by atoms with Crippen LogP contribution < -0.4 is 5.73 Å². The summed E-state index contributed by atoms with van der Waals surface area (Å²) in [6.45, 7) is 3.84. The lowest BCUT2D eigenvalue weighted by atomic mass is 10.0. The molecule has 0 aromatic rings. The molecule has 3 N–H and O–H groups in total. The maximum absolute atomic E-state index is 12.7. The third-order valence-electron chi connectivity index (χ3n) is 16.7. The topological polar surface area (TPSA) is 134 Å². The first-order valence-corrected chi connectivity index (χ1v) is 37.5. The summed E-state index contributed by atoms with van der Waals surface area (Å²) in [4.78, 5) is 35.3. The first-order valence-electron chi connectivity index (χ1n) is 36.0. The Morgan fingerprint density at radius 2 is 0.537 bits per heavy atom. The van der Waals surface area contributed by atoms with E-state index in [1.165, 1.54) is 340 Å². The second-order valence-electron chi connectivity index (χ2n) is 24.8. The molecule has 478 valence electrons. The van der Waals surface area contributed by atoms with Crippen LogP contribution in [-0.2, 0) is 32.7 Å². The van der Waals surface area contributed by atoms with Gasteiger partial charge in [0, 0.05) is 19.4 Å². The Morgan fingerprint density at radius 1 is 0.325 bits per heavy atom. The van der Waals surface area contributed by atoms with Gasteiger partial charge in [-0.25, -0.2) is 4.57 Å². The zero-order valence-corrected chi connectivity index (χ0v) is 54.8. The highest BCUT2D eigenvalue weighted by Gasteiger charge is 2.26. The molecule has 80 heavy (non-hydrogen) atoms. The van der Waals surface area contributed by atoms with Crippen molar-refractivity contribution in [1.29, 1.82) is 0 Å². The molecule has 0 fully saturated rings. The molecule has 0 heterocycles. The molecule has 0 radical (unpaired) electrons. The number of esters is 2. The highest BCUT2D eigenvalue weighted by Crippen LogP contribution is 2.43. The van der Waals surface area contributed by atoms with E-state index in [1.54, 1.807) is 0 Å². The van der Waals surface area contributed by atoms with Crippen molar-refractivity contribution < 1.29 is 37.6 Å². The van der Waals surface area contributed by atoms with Crippen LogP contribution in [0.3, 0.4) is 0 Å². The third-order valence-corrected chi connectivity index (χ3v) is 17.7. The quantitative estimate of drug-likeness (QED) is 0.0347. The Balaban J connectivity index is 3.68. The average Bonchev–Trinajstić information content (AvgIpc) is 3.45. The van der Waals surface area contributed by atoms with E-state index in [9.17, 15) is 19.0 Å². The van der Waals surface area contributed by atoms with Gasteiger partial charge in [0.2, 0.25) is 0 Å².